The van der Waals surface area contributed by atoms with Crippen LogP contribution in [-0.2, 0) is 9.59 Å². The SMILES string of the molecule is CCCN1C(=O)C(O)=C(C(=O)CC(C)C)C1c1ccc(N(CC)CC)cc1. The first-order valence-electron chi connectivity index (χ1n) is 9.97. The molecule has 1 aromatic carbocycles. The lowest BCUT2D eigenvalue weighted by Crippen LogP contribution is -2.32. The molecule has 148 valence electrons. The summed E-state index contributed by atoms with van der Waals surface area (Å²) in [5, 5.41) is 10.4. The van der Waals surface area contributed by atoms with E-state index in [0.29, 0.717) is 13.0 Å². The Morgan fingerprint density at radius 3 is 2.22 bits per heavy atom. The van der Waals surface area contributed by atoms with E-state index in [1.807, 2.05) is 45.0 Å². The number of benzene rings is 1. The molecule has 1 unspecified atom stereocenters. The number of nitrogens with zero attached hydrogens (tertiary/aromatic N) is 2. The second-order valence-corrected chi connectivity index (χ2v) is 7.45. The minimum atomic E-state index is -0.505. The minimum absolute atomic E-state index is 0.146. The molecule has 1 aromatic rings. The Bertz CT molecular complexity index is 703. The lowest BCUT2D eigenvalue weighted by atomic mass is 9.92. The standard InChI is InChI=1S/C22H32N2O3/c1-6-13-24-20(16-9-11-17(12-10-16)23(7-2)8-3)19(21(26)22(24)27)18(25)14-15(4)5/h9-12,15,20,26H,6-8,13-14H2,1-5H3. The number of aliphatic hydroxyl groups excluding tert-OH is 1. The summed E-state index contributed by atoms with van der Waals surface area (Å²) in [4.78, 5) is 29.3. The molecular weight excluding hydrogens is 340 g/mol. The molecule has 0 radical (unpaired) electrons. The van der Waals surface area contributed by atoms with Crippen molar-refractivity contribution in [3.05, 3.63) is 41.2 Å². The van der Waals surface area contributed by atoms with E-state index in [9.17, 15) is 14.7 Å². The Kier molecular flexibility index (Phi) is 7.05. The zero-order chi connectivity index (χ0) is 20.1. The highest BCUT2D eigenvalue weighted by atomic mass is 16.3. The summed E-state index contributed by atoms with van der Waals surface area (Å²) in [5.41, 5.74) is 2.22. The van der Waals surface area contributed by atoms with Crippen LogP contribution < -0.4 is 4.90 Å². The number of ketones is 1. The first-order valence-corrected chi connectivity index (χ1v) is 9.97. The number of hydrogen-bond donors (Lipinski definition) is 1. The number of carbonyl (C=O) groups excluding carboxylic acids is 2. The molecule has 1 N–H and O–H groups in total. The summed E-state index contributed by atoms with van der Waals surface area (Å²) < 4.78 is 0. The molecule has 0 fully saturated rings. The molecule has 1 atom stereocenters. The number of hydrogen-bond acceptors (Lipinski definition) is 4. The Morgan fingerprint density at radius 1 is 1.15 bits per heavy atom. The van der Waals surface area contributed by atoms with Gasteiger partial charge in [0, 0.05) is 31.7 Å². The smallest absolute Gasteiger partial charge is 0.290 e. The molecule has 5 nitrogen and oxygen atoms in total. The Morgan fingerprint density at radius 2 is 1.74 bits per heavy atom. The largest absolute Gasteiger partial charge is 0.503 e. The molecule has 1 aliphatic heterocycles. The third-order valence-corrected chi connectivity index (χ3v) is 5.00. The lowest BCUT2D eigenvalue weighted by molar-refractivity contribution is -0.129. The number of anilines is 1. The van der Waals surface area contributed by atoms with Crippen LogP contribution in [0.4, 0.5) is 5.69 Å². The van der Waals surface area contributed by atoms with Crippen LogP contribution in [-0.4, -0.2) is 41.3 Å². The van der Waals surface area contributed by atoms with Crippen molar-refractivity contribution in [1.82, 2.24) is 4.90 Å². The maximum Gasteiger partial charge on any atom is 0.290 e. The minimum Gasteiger partial charge on any atom is -0.503 e. The maximum absolute atomic E-state index is 12.8. The first kappa shape index (κ1) is 21.0. The van der Waals surface area contributed by atoms with E-state index in [4.69, 9.17) is 0 Å². The van der Waals surface area contributed by atoms with Crippen LogP contribution in [0.3, 0.4) is 0 Å². The molecule has 0 saturated carbocycles. The average Bonchev–Trinajstić information content (AvgIpc) is 2.88. The van der Waals surface area contributed by atoms with Gasteiger partial charge < -0.3 is 14.9 Å². The van der Waals surface area contributed by atoms with E-state index >= 15 is 0 Å². The van der Waals surface area contributed by atoms with Crippen molar-refractivity contribution in [2.75, 3.05) is 24.5 Å². The lowest BCUT2D eigenvalue weighted by Gasteiger charge is -2.27. The van der Waals surface area contributed by atoms with E-state index in [1.165, 1.54) is 0 Å². The number of Topliss-reactive ketones (excluding diaryl/α,β-unsaturated/α-hetero) is 1. The Balaban J connectivity index is 2.44. The molecular formula is C22H32N2O3. The number of amides is 1. The molecule has 5 heteroatoms. The van der Waals surface area contributed by atoms with Crippen LogP contribution in [0.15, 0.2) is 35.6 Å². The van der Waals surface area contributed by atoms with Gasteiger partial charge in [0.25, 0.3) is 5.91 Å². The monoisotopic (exact) mass is 372 g/mol. The van der Waals surface area contributed by atoms with Crippen LogP contribution in [0, 0.1) is 5.92 Å². The predicted octanol–water partition coefficient (Wildman–Crippen LogP) is 4.25. The molecule has 0 aliphatic carbocycles. The first-order chi connectivity index (χ1) is 12.8. The summed E-state index contributed by atoms with van der Waals surface area (Å²) in [7, 11) is 0. The van der Waals surface area contributed by atoms with Crippen LogP contribution in [0.5, 0.6) is 0 Å². The molecule has 2 rings (SSSR count). The maximum atomic E-state index is 12.8. The summed E-state index contributed by atoms with van der Waals surface area (Å²) in [5.74, 6) is -0.806. The van der Waals surface area contributed by atoms with Gasteiger partial charge in [-0.15, -0.1) is 0 Å². The molecule has 0 spiro atoms. The molecule has 0 aromatic heterocycles. The Labute approximate surface area is 162 Å². The van der Waals surface area contributed by atoms with Crippen molar-refractivity contribution in [2.45, 2.75) is 53.5 Å². The second-order valence-electron chi connectivity index (χ2n) is 7.45. The van der Waals surface area contributed by atoms with Crippen molar-refractivity contribution >= 4 is 17.4 Å². The topological polar surface area (TPSA) is 60.9 Å². The van der Waals surface area contributed by atoms with Crippen LogP contribution in [0.1, 0.15) is 59.1 Å². The van der Waals surface area contributed by atoms with Gasteiger partial charge in [-0.1, -0.05) is 32.9 Å². The van der Waals surface area contributed by atoms with E-state index in [-0.39, 0.29) is 23.0 Å². The summed E-state index contributed by atoms with van der Waals surface area (Å²) in [6.07, 6.45) is 1.08. The van der Waals surface area contributed by atoms with Crippen molar-refractivity contribution in [2.24, 2.45) is 5.92 Å². The van der Waals surface area contributed by atoms with E-state index in [0.717, 1.165) is 30.8 Å². The predicted molar refractivity (Wildman–Crippen MR) is 109 cm³/mol. The van der Waals surface area contributed by atoms with Crippen molar-refractivity contribution in [3.8, 4) is 0 Å². The molecule has 1 aliphatic rings. The highest BCUT2D eigenvalue weighted by molar-refractivity contribution is 6.09. The Hall–Kier alpha value is -2.30. The molecule has 0 saturated heterocycles. The molecule has 27 heavy (non-hydrogen) atoms. The van der Waals surface area contributed by atoms with Crippen LogP contribution in [0.2, 0.25) is 0 Å². The molecule has 1 amide bonds. The van der Waals surface area contributed by atoms with Crippen LogP contribution in [0.25, 0.3) is 0 Å². The highest BCUT2D eigenvalue weighted by Gasteiger charge is 2.42. The van der Waals surface area contributed by atoms with Gasteiger partial charge in [-0.3, -0.25) is 9.59 Å². The fraction of sp³-hybridized carbons (Fsp3) is 0.545. The van der Waals surface area contributed by atoms with Gasteiger partial charge in [0.2, 0.25) is 0 Å². The van der Waals surface area contributed by atoms with Crippen LogP contribution >= 0.6 is 0 Å². The summed E-state index contributed by atoms with van der Waals surface area (Å²) >= 11 is 0. The zero-order valence-corrected chi connectivity index (χ0v) is 17.2. The van der Waals surface area contributed by atoms with E-state index in [2.05, 4.69) is 18.7 Å². The highest BCUT2D eigenvalue weighted by Crippen LogP contribution is 2.39. The van der Waals surface area contributed by atoms with Gasteiger partial charge in [-0.05, 0) is 43.9 Å². The van der Waals surface area contributed by atoms with Crippen molar-refractivity contribution in [3.63, 3.8) is 0 Å². The summed E-state index contributed by atoms with van der Waals surface area (Å²) in [6.45, 7) is 12.5. The number of carbonyl (C=O) groups is 2. The average molecular weight is 373 g/mol. The van der Waals surface area contributed by atoms with Gasteiger partial charge in [-0.2, -0.15) is 0 Å². The van der Waals surface area contributed by atoms with Gasteiger partial charge in [0.05, 0.1) is 11.6 Å². The number of aliphatic hydroxyl groups is 1. The second kappa shape index (κ2) is 9.07. The van der Waals surface area contributed by atoms with E-state index in [1.54, 1.807) is 4.90 Å². The fourth-order valence-corrected chi connectivity index (χ4v) is 3.69. The quantitative estimate of drug-likeness (QED) is 0.704. The third-order valence-electron chi connectivity index (χ3n) is 5.00. The van der Waals surface area contributed by atoms with Crippen molar-refractivity contribution < 1.29 is 14.7 Å². The van der Waals surface area contributed by atoms with Gasteiger partial charge in [0.15, 0.2) is 11.5 Å². The molecule has 1 heterocycles. The van der Waals surface area contributed by atoms with Gasteiger partial charge in [0.1, 0.15) is 0 Å². The van der Waals surface area contributed by atoms with E-state index < -0.39 is 11.9 Å². The fourth-order valence-electron chi connectivity index (χ4n) is 3.69. The summed E-state index contributed by atoms with van der Waals surface area (Å²) in [6, 6.07) is 7.48. The van der Waals surface area contributed by atoms with Gasteiger partial charge in [-0.25, -0.2) is 0 Å². The molecule has 0 bridgehead atoms. The number of rotatable bonds is 9. The normalized spacial score (nSPS) is 17.2. The third kappa shape index (κ3) is 4.34. The van der Waals surface area contributed by atoms with Crippen molar-refractivity contribution in [1.29, 1.82) is 0 Å². The van der Waals surface area contributed by atoms with Gasteiger partial charge >= 0.3 is 0 Å². The zero-order valence-electron chi connectivity index (χ0n) is 17.2.